The smallest absolute Gasteiger partial charge is 0.351 e. The zero-order chi connectivity index (χ0) is 23.8. The van der Waals surface area contributed by atoms with E-state index in [0.29, 0.717) is 16.7 Å². The summed E-state index contributed by atoms with van der Waals surface area (Å²) in [4.78, 5) is 49.9. The SMILES string of the molecule is CNc1ccccc1C(F)(F)C(=O)NCc1ccc2c(c1)CN(C1CCC(=O)NC1=O)C2=O. The summed E-state index contributed by atoms with van der Waals surface area (Å²) in [7, 11) is 1.50. The summed E-state index contributed by atoms with van der Waals surface area (Å²) in [5, 5.41) is 7.16. The molecule has 172 valence electrons. The van der Waals surface area contributed by atoms with E-state index in [9.17, 15) is 28.0 Å². The van der Waals surface area contributed by atoms with Crippen LogP contribution in [0.1, 0.15) is 39.9 Å². The first-order valence-corrected chi connectivity index (χ1v) is 10.4. The number of para-hydroxylation sites is 1. The lowest BCUT2D eigenvalue weighted by Gasteiger charge is -2.29. The van der Waals surface area contributed by atoms with E-state index >= 15 is 0 Å². The van der Waals surface area contributed by atoms with Crippen LogP contribution in [0.2, 0.25) is 0 Å². The molecule has 1 unspecified atom stereocenters. The van der Waals surface area contributed by atoms with Gasteiger partial charge in [-0.1, -0.05) is 30.3 Å². The number of fused-ring (bicyclic) bond motifs is 1. The highest BCUT2D eigenvalue weighted by molar-refractivity contribution is 6.05. The second-order valence-corrected chi connectivity index (χ2v) is 7.94. The molecule has 4 rings (SSSR count). The molecule has 3 N–H and O–H groups in total. The highest BCUT2D eigenvalue weighted by Crippen LogP contribution is 2.34. The van der Waals surface area contributed by atoms with Crippen LogP contribution in [0.4, 0.5) is 14.5 Å². The highest BCUT2D eigenvalue weighted by atomic mass is 19.3. The van der Waals surface area contributed by atoms with Gasteiger partial charge in [0.15, 0.2) is 0 Å². The number of hydrogen-bond donors (Lipinski definition) is 3. The summed E-state index contributed by atoms with van der Waals surface area (Å²) in [6.45, 7) is 0.00393. The van der Waals surface area contributed by atoms with Gasteiger partial charge in [0.2, 0.25) is 11.8 Å². The maximum Gasteiger partial charge on any atom is 0.351 e. The maximum atomic E-state index is 14.7. The summed E-state index contributed by atoms with van der Waals surface area (Å²) in [6.07, 6.45) is 0.398. The zero-order valence-electron chi connectivity index (χ0n) is 17.8. The van der Waals surface area contributed by atoms with Gasteiger partial charge in [0.05, 0.1) is 5.56 Å². The average Bonchev–Trinajstić information content (AvgIpc) is 3.12. The molecule has 1 fully saturated rings. The van der Waals surface area contributed by atoms with Crippen LogP contribution in [-0.2, 0) is 33.4 Å². The van der Waals surface area contributed by atoms with Crippen molar-refractivity contribution >= 4 is 29.3 Å². The Morgan fingerprint density at radius 3 is 2.67 bits per heavy atom. The van der Waals surface area contributed by atoms with Gasteiger partial charge < -0.3 is 15.5 Å². The van der Waals surface area contributed by atoms with Gasteiger partial charge in [0.25, 0.3) is 11.8 Å². The predicted molar refractivity (Wildman–Crippen MR) is 114 cm³/mol. The van der Waals surface area contributed by atoms with E-state index < -0.39 is 29.3 Å². The predicted octanol–water partition coefficient (Wildman–Crippen LogP) is 1.90. The number of amides is 4. The standard InChI is InChI=1S/C23H22F2N4O4/c1-26-17-5-3-2-4-16(17)23(24,25)22(33)27-11-13-6-7-15-14(10-13)12-29(21(15)32)18-8-9-19(30)28-20(18)31/h2-7,10,18,26H,8-9,11-12H2,1H3,(H,27,33)(H,28,30,31). The Morgan fingerprint density at radius 2 is 1.94 bits per heavy atom. The maximum absolute atomic E-state index is 14.7. The second kappa shape index (κ2) is 8.61. The number of imide groups is 1. The van der Waals surface area contributed by atoms with Gasteiger partial charge in [-0.2, -0.15) is 8.78 Å². The number of nitrogens with one attached hydrogen (secondary N) is 3. The van der Waals surface area contributed by atoms with Gasteiger partial charge in [-0.3, -0.25) is 24.5 Å². The van der Waals surface area contributed by atoms with Crippen molar-refractivity contribution in [3.8, 4) is 0 Å². The van der Waals surface area contributed by atoms with Crippen molar-refractivity contribution in [3.05, 3.63) is 64.7 Å². The van der Waals surface area contributed by atoms with Crippen LogP contribution in [0.3, 0.4) is 0 Å². The van der Waals surface area contributed by atoms with E-state index in [0.717, 1.165) is 0 Å². The summed E-state index contributed by atoms with van der Waals surface area (Å²) < 4.78 is 29.5. The third kappa shape index (κ3) is 4.15. The third-order valence-corrected chi connectivity index (χ3v) is 5.86. The molecule has 0 aromatic heterocycles. The fraction of sp³-hybridized carbons (Fsp3) is 0.304. The molecule has 0 aliphatic carbocycles. The van der Waals surface area contributed by atoms with Crippen molar-refractivity contribution in [1.82, 2.24) is 15.5 Å². The largest absolute Gasteiger partial charge is 0.388 e. The molecule has 33 heavy (non-hydrogen) atoms. The topological polar surface area (TPSA) is 108 Å². The molecule has 2 aliphatic heterocycles. The van der Waals surface area contributed by atoms with Crippen LogP contribution in [0.15, 0.2) is 42.5 Å². The summed E-state index contributed by atoms with van der Waals surface area (Å²) in [5.74, 6) is -6.39. The summed E-state index contributed by atoms with van der Waals surface area (Å²) in [6, 6.07) is 9.72. The van der Waals surface area contributed by atoms with E-state index in [2.05, 4.69) is 16.0 Å². The zero-order valence-corrected chi connectivity index (χ0v) is 17.8. The number of rotatable bonds is 6. The quantitative estimate of drug-likeness (QED) is 0.576. The normalized spacial score (nSPS) is 18.1. The first-order valence-electron chi connectivity index (χ1n) is 10.4. The molecular weight excluding hydrogens is 434 g/mol. The molecule has 4 amide bonds. The molecule has 1 saturated heterocycles. The van der Waals surface area contributed by atoms with E-state index in [-0.39, 0.29) is 43.4 Å². The Labute approximate surface area is 188 Å². The molecule has 8 nitrogen and oxygen atoms in total. The van der Waals surface area contributed by atoms with E-state index in [1.165, 1.54) is 30.1 Å². The molecule has 10 heteroatoms. The van der Waals surface area contributed by atoms with Crippen molar-refractivity contribution in [3.63, 3.8) is 0 Å². The monoisotopic (exact) mass is 456 g/mol. The molecule has 0 saturated carbocycles. The lowest BCUT2D eigenvalue weighted by atomic mass is 10.0. The van der Waals surface area contributed by atoms with Crippen LogP contribution in [0.5, 0.6) is 0 Å². The highest BCUT2D eigenvalue weighted by Gasteiger charge is 2.43. The lowest BCUT2D eigenvalue weighted by molar-refractivity contribution is -0.147. The minimum Gasteiger partial charge on any atom is -0.388 e. The molecule has 2 aromatic rings. The van der Waals surface area contributed by atoms with E-state index in [1.807, 2.05) is 0 Å². The summed E-state index contributed by atoms with van der Waals surface area (Å²) >= 11 is 0. The van der Waals surface area contributed by atoms with Crippen molar-refractivity contribution in [2.75, 3.05) is 12.4 Å². The molecule has 0 radical (unpaired) electrons. The number of anilines is 1. The average molecular weight is 456 g/mol. The Morgan fingerprint density at radius 1 is 1.18 bits per heavy atom. The van der Waals surface area contributed by atoms with Crippen LogP contribution >= 0.6 is 0 Å². The van der Waals surface area contributed by atoms with Crippen molar-refractivity contribution in [2.45, 2.75) is 37.9 Å². The number of benzene rings is 2. The molecule has 1 atom stereocenters. The first-order chi connectivity index (χ1) is 15.7. The number of carbonyl (C=O) groups excluding carboxylic acids is 4. The second-order valence-electron chi connectivity index (χ2n) is 7.94. The Balaban J connectivity index is 1.45. The molecule has 0 spiro atoms. The minimum absolute atomic E-state index is 0.151. The van der Waals surface area contributed by atoms with Crippen LogP contribution < -0.4 is 16.0 Å². The lowest BCUT2D eigenvalue weighted by Crippen LogP contribution is -2.52. The number of hydrogen-bond acceptors (Lipinski definition) is 5. The molecule has 2 aromatic carbocycles. The first kappa shape index (κ1) is 22.4. The van der Waals surface area contributed by atoms with Crippen LogP contribution in [0.25, 0.3) is 0 Å². The third-order valence-electron chi connectivity index (χ3n) is 5.86. The molecule has 2 aliphatic rings. The number of nitrogens with zero attached hydrogens (tertiary/aromatic N) is 1. The van der Waals surface area contributed by atoms with Crippen LogP contribution in [-0.4, -0.2) is 41.6 Å². The summed E-state index contributed by atoms with van der Waals surface area (Å²) in [5.41, 5.74) is 1.30. The fourth-order valence-corrected chi connectivity index (χ4v) is 4.13. The molecule has 0 bridgehead atoms. The number of halogens is 2. The molecular formula is C23H22F2N4O4. The van der Waals surface area contributed by atoms with Gasteiger partial charge in [0.1, 0.15) is 6.04 Å². The number of carbonyl (C=O) groups is 4. The Hall–Kier alpha value is -3.82. The molecule has 2 heterocycles. The van der Waals surface area contributed by atoms with Gasteiger partial charge in [0, 0.05) is 37.8 Å². The van der Waals surface area contributed by atoms with E-state index in [4.69, 9.17) is 0 Å². The fourth-order valence-electron chi connectivity index (χ4n) is 4.13. The number of alkyl halides is 2. The van der Waals surface area contributed by atoms with Gasteiger partial charge in [-0.05, 0) is 29.7 Å². The Kier molecular flexibility index (Phi) is 5.84. The van der Waals surface area contributed by atoms with Crippen molar-refractivity contribution in [2.24, 2.45) is 0 Å². The van der Waals surface area contributed by atoms with E-state index in [1.54, 1.807) is 24.3 Å². The number of piperidine rings is 1. The van der Waals surface area contributed by atoms with Crippen molar-refractivity contribution < 1.29 is 28.0 Å². The van der Waals surface area contributed by atoms with Gasteiger partial charge in [-0.25, -0.2) is 0 Å². The van der Waals surface area contributed by atoms with Gasteiger partial charge >= 0.3 is 5.92 Å². The van der Waals surface area contributed by atoms with Gasteiger partial charge in [-0.15, -0.1) is 0 Å². The van der Waals surface area contributed by atoms with Crippen LogP contribution in [0, 0.1) is 0 Å². The Bertz CT molecular complexity index is 1150. The van der Waals surface area contributed by atoms with Crippen molar-refractivity contribution in [1.29, 1.82) is 0 Å². The minimum atomic E-state index is -3.74.